The molecule has 0 N–H and O–H groups in total. The van der Waals surface area contributed by atoms with Gasteiger partial charge >= 0.3 is 0 Å². The molecule has 0 spiro atoms. The van der Waals surface area contributed by atoms with E-state index in [-0.39, 0.29) is 0 Å². The van der Waals surface area contributed by atoms with Gasteiger partial charge < -0.3 is 0 Å². The smallest absolute Gasteiger partial charge is 0.103 e. The molecule has 1 aromatic heterocycles. The third kappa shape index (κ3) is 3.32. The van der Waals surface area contributed by atoms with Crippen LogP contribution in [0.25, 0.3) is 0 Å². The second kappa shape index (κ2) is 6.05. The van der Waals surface area contributed by atoms with Gasteiger partial charge in [0.05, 0.1) is 18.2 Å². The Morgan fingerprint density at radius 2 is 2.36 bits per heavy atom. The van der Waals surface area contributed by atoms with Gasteiger partial charge in [0.1, 0.15) is 5.01 Å². The molecule has 0 aliphatic rings. The van der Waals surface area contributed by atoms with Crippen LogP contribution in [-0.2, 0) is 12.2 Å². The fraction of sp³-hybridized carbons (Fsp3) is 0.600. The number of rotatable bonds is 5. The Morgan fingerprint density at radius 1 is 1.57 bits per heavy atom. The molecule has 1 heterocycles. The van der Waals surface area contributed by atoms with E-state index in [0.29, 0.717) is 6.42 Å². The van der Waals surface area contributed by atoms with Crippen LogP contribution in [0, 0.1) is 18.3 Å². The summed E-state index contributed by atoms with van der Waals surface area (Å²) in [7, 11) is 0. The highest BCUT2D eigenvalue weighted by atomic mass is 32.2. The first-order valence-electron chi connectivity index (χ1n) is 4.67. The van der Waals surface area contributed by atoms with E-state index in [1.165, 1.54) is 12.2 Å². The summed E-state index contributed by atoms with van der Waals surface area (Å²) < 4.78 is 0. The number of nitriles is 1. The number of thioether (sulfide) groups is 1. The van der Waals surface area contributed by atoms with Crippen molar-refractivity contribution in [3.8, 4) is 6.07 Å². The summed E-state index contributed by atoms with van der Waals surface area (Å²) in [5.41, 5.74) is 1.03. The molecule has 0 saturated carbocycles. The Labute approximate surface area is 93.4 Å². The van der Waals surface area contributed by atoms with E-state index in [9.17, 15) is 0 Å². The molecule has 0 aromatic carbocycles. The molecular formula is C10H14N2S2. The number of thiazole rings is 1. The highest BCUT2D eigenvalue weighted by Crippen LogP contribution is 2.22. The summed E-state index contributed by atoms with van der Waals surface area (Å²) in [6.45, 7) is 4.17. The van der Waals surface area contributed by atoms with Crippen molar-refractivity contribution in [1.29, 1.82) is 5.26 Å². The first kappa shape index (κ1) is 11.5. The maximum absolute atomic E-state index is 8.59. The van der Waals surface area contributed by atoms with E-state index in [1.54, 1.807) is 11.3 Å². The molecule has 0 bridgehead atoms. The molecular weight excluding hydrogens is 212 g/mol. The van der Waals surface area contributed by atoms with Gasteiger partial charge in [-0.1, -0.05) is 6.92 Å². The molecule has 1 aromatic rings. The van der Waals surface area contributed by atoms with Crippen molar-refractivity contribution in [1.82, 2.24) is 4.98 Å². The number of hydrogen-bond acceptors (Lipinski definition) is 4. The van der Waals surface area contributed by atoms with Crippen LogP contribution in [0.4, 0.5) is 0 Å². The maximum atomic E-state index is 8.59. The van der Waals surface area contributed by atoms with Gasteiger partial charge in [-0.3, -0.25) is 0 Å². The first-order valence-corrected chi connectivity index (χ1v) is 6.65. The second-order valence-electron chi connectivity index (χ2n) is 3.00. The van der Waals surface area contributed by atoms with Gasteiger partial charge in [0.15, 0.2) is 0 Å². The van der Waals surface area contributed by atoms with E-state index in [2.05, 4.69) is 18.0 Å². The zero-order chi connectivity index (χ0) is 10.4. The lowest BCUT2D eigenvalue weighted by molar-refractivity contribution is 1.10. The normalized spacial score (nSPS) is 10.1. The van der Waals surface area contributed by atoms with Crippen molar-refractivity contribution in [2.45, 2.75) is 32.4 Å². The number of aryl methyl sites for hydroxylation is 1. The molecule has 0 amide bonds. The van der Waals surface area contributed by atoms with Gasteiger partial charge in [0.2, 0.25) is 0 Å². The molecule has 0 fully saturated rings. The van der Waals surface area contributed by atoms with Crippen LogP contribution in [0.3, 0.4) is 0 Å². The summed E-state index contributed by atoms with van der Waals surface area (Å²) in [5, 5.41) is 9.75. The third-order valence-corrected chi connectivity index (χ3v) is 4.27. The fourth-order valence-electron chi connectivity index (χ4n) is 1.09. The molecule has 76 valence electrons. The van der Waals surface area contributed by atoms with E-state index >= 15 is 0 Å². The minimum Gasteiger partial charge on any atom is -0.245 e. The minimum atomic E-state index is 0.502. The third-order valence-electron chi connectivity index (χ3n) is 1.75. The topological polar surface area (TPSA) is 36.7 Å². The lowest BCUT2D eigenvalue weighted by atomic mass is 10.3. The molecule has 14 heavy (non-hydrogen) atoms. The molecule has 0 aliphatic heterocycles. The Kier molecular flexibility index (Phi) is 4.99. The van der Waals surface area contributed by atoms with Crippen LogP contribution >= 0.6 is 23.1 Å². The summed E-state index contributed by atoms with van der Waals surface area (Å²) >= 11 is 3.59. The lowest BCUT2D eigenvalue weighted by Crippen LogP contribution is -1.82. The van der Waals surface area contributed by atoms with Crippen LogP contribution in [0.1, 0.15) is 28.9 Å². The zero-order valence-corrected chi connectivity index (χ0v) is 10.2. The SMILES string of the molecule is CCCSCc1nc(C)c(CC#N)s1. The standard InChI is InChI=1S/C10H14N2S2/c1-3-6-13-7-10-12-8(2)9(14-10)4-5-11/h3-4,6-7H2,1-2H3. The number of nitrogens with zero attached hydrogens (tertiary/aromatic N) is 2. The van der Waals surface area contributed by atoms with Crippen LogP contribution in [0.15, 0.2) is 0 Å². The fourth-order valence-corrected chi connectivity index (χ4v) is 3.04. The molecule has 0 unspecified atom stereocenters. The molecule has 0 saturated heterocycles. The van der Waals surface area contributed by atoms with Gasteiger partial charge in [0.25, 0.3) is 0 Å². The molecule has 4 heteroatoms. The van der Waals surface area contributed by atoms with Crippen molar-refractivity contribution in [3.63, 3.8) is 0 Å². The Hall–Kier alpha value is -0.530. The van der Waals surface area contributed by atoms with Crippen LogP contribution < -0.4 is 0 Å². The van der Waals surface area contributed by atoms with Gasteiger partial charge in [-0.05, 0) is 19.1 Å². The minimum absolute atomic E-state index is 0.502. The second-order valence-corrected chi connectivity index (χ2v) is 5.28. The van der Waals surface area contributed by atoms with Crippen molar-refractivity contribution >= 4 is 23.1 Å². The highest BCUT2D eigenvalue weighted by molar-refractivity contribution is 7.98. The first-order chi connectivity index (χ1) is 6.77. The Balaban J connectivity index is 2.53. The molecule has 0 radical (unpaired) electrons. The predicted octanol–water partition coefficient (Wildman–Crippen LogP) is 3.16. The van der Waals surface area contributed by atoms with Crippen molar-refractivity contribution < 1.29 is 0 Å². The quantitative estimate of drug-likeness (QED) is 0.724. The average Bonchev–Trinajstić information content (AvgIpc) is 2.49. The molecule has 2 nitrogen and oxygen atoms in total. The zero-order valence-electron chi connectivity index (χ0n) is 8.54. The van der Waals surface area contributed by atoms with Crippen molar-refractivity contribution in [3.05, 3.63) is 15.6 Å². The average molecular weight is 226 g/mol. The van der Waals surface area contributed by atoms with E-state index in [1.807, 2.05) is 18.7 Å². The van der Waals surface area contributed by atoms with E-state index < -0.39 is 0 Å². The van der Waals surface area contributed by atoms with Crippen molar-refractivity contribution in [2.24, 2.45) is 0 Å². The van der Waals surface area contributed by atoms with Gasteiger partial charge in [-0.15, -0.1) is 11.3 Å². The number of hydrogen-bond donors (Lipinski definition) is 0. The molecule has 1 rings (SSSR count). The van der Waals surface area contributed by atoms with E-state index in [4.69, 9.17) is 5.26 Å². The molecule has 0 aliphatic carbocycles. The van der Waals surface area contributed by atoms with Gasteiger partial charge in [-0.25, -0.2) is 4.98 Å². The monoisotopic (exact) mass is 226 g/mol. The van der Waals surface area contributed by atoms with Crippen LogP contribution in [-0.4, -0.2) is 10.7 Å². The van der Waals surface area contributed by atoms with Crippen molar-refractivity contribution in [2.75, 3.05) is 5.75 Å². The summed E-state index contributed by atoms with van der Waals surface area (Å²) in [6, 6.07) is 2.17. The largest absolute Gasteiger partial charge is 0.245 e. The van der Waals surface area contributed by atoms with Gasteiger partial charge in [-0.2, -0.15) is 17.0 Å². The van der Waals surface area contributed by atoms with Gasteiger partial charge in [0, 0.05) is 10.6 Å². The summed E-state index contributed by atoms with van der Waals surface area (Å²) in [4.78, 5) is 5.57. The lowest BCUT2D eigenvalue weighted by Gasteiger charge is -1.93. The molecule has 0 atom stereocenters. The van der Waals surface area contributed by atoms with E-state index in [0.717, 1.165) is 21.3 Å². The maximum Gasteiger partial charge on any atom is 0.103 e. The van der Waals surface area contributed by atoms with Crippen LogP contribution in [0.2, 0.25) is 0 Å². The predicted molar refractivity (Wildman–Crippen MR) is 62.6 cm³/mol. The summed E-state index contributed by atoms with van der Waals surface area (Å²) in [5.74, 6) is 2.18. The van der Waals surface area contributed by atoms with Crippen LogP contribution in [0.5, 0.6) is 0 Å². The number of aromatic nitrogens is 1. The Morgan fingerprint density at radius 3 is 3.00 bits per heavy atom. The Bertz CT molecular complexity index is 325. The highest BCUT2D eigenvalue weighted by Gasteiger charge is 2.06. The summed E-state index contributed by atoms with van der Waals surface area (Å²) in [6.07, 6.45) is 1.71.